The monoisotopic (exact) mass is 529 g/mol. The SMILES string of the molecule is CC(N)C(=O)NC(CCCN=C(N)N)C(=O)NC(CCCCN)C(=O)NC(CCCN=C(N)N)C(=O)O. The van der Waals surface area contributed by atoms with Crippen molar-refractivity contribution in [3.05, 3.63) is 0 Å². The average molecular weight is 530 g/mol. The number of amides is 3. The Balaban J connectivity index is 5.48. The third-order valence-corrected chi connectivity index (χ3v) is 5.13. The van der Waals surface area contributed by atoms with Gasteiger partial charge in [0.2, 0.25) is 17.7 Å². The zero-order valence-electron chi connectivity index (χ0n) is 21.3. The molecular weight excluding hydrogens is 486 g/mol. The Morgan fingerprint density at radius 2 is 1.11 bits per heavy atom. The Hall–Kier alpha value is -3.66. The predicted octanol–water partition coefficient (Wildman–Crippen LogP) is -3.89. The summed E-state index contributed by atoms with van der Waals surface area (Å²) >= 11 is 0. The smallest absolute Gasteiger partial charge is 0.326 e. The van der Waals surface area contributed by atoms with Crippen molar-refractivity contribution in [2.75, 3.05) is 19.6 Å². The fourth-order valence-electron chi connectivity index (χ4n) is 3.14. The second-order valence-electron chi connectivity index (χ2n) is 8.49. The molecule has 0 rings (SSSR count). The summed E-state index contributed by atoms with van der Waals surface area (Å²) in [6.45, 7) is 2.26. The molecule has 16 nitrogen and oxygen atoms in total. The topological polar surface area (TPSA) is 305 Å². The van der Waals surface area contributed by atoms with Crippen LogP contribution in [-0.4, -0.2) is 84.5 Å². The molecule has 3 amide bonds. The van der Waals surface area contributed by atoms with Gasteiger partial charge in [-0.05, 0) is 58.4 Å². The lowest BCUT2D eigenvalue weighted by Crippen LogP contribution is -2.56. The number of unbranched alkanes of at least 4 members (excludes halogenated alkanes) is 1. The van der Waals surface area contributed by atoms with Gasteiger partial charge in [0.1, 0.15) is 18.1 Å². The van der Waals surface area contributed by atoms with Crippen molar-refractivity contribution in [2.24, 2.45) is 44.4 Å². The van der Waals surface area contributed by atoms with E-state index in [1.165, 1.54) is 6.92 Å². The molecule has 0 aromatic carbocycles. The highest BCUT2D eigenvalue weighted by atomic mass is 16.4. The fraction of sp³-hybridized carbons (Fsp3) is 0.714. The van der Waals surface area contributed by atoms with E-state index in [0.29, 0.717) is 32.2 Å². The van der Waals surface area contributed by atoms with Gasteiger partial charge in [-0.1, -0.05) is 0 Å². The minimum absolute atomic E-state index is 0.0686. The van der Waals surface area contributed by atoms with Gasteiger partial charge >= 0.3 is 5.97 Å². The summed E-state index contributed by atoms with van der Waals surface area (Å²) < 4.78 is 0. The number of aliphatic imine (C=N–C) groups is 2. The maximum atomic E-state index is 13.1. The molecule has 0 heterocycles. The first kappa shape index (κ1) is 33.3. The van der Waals surface area contributed by atoms with Crippen LogP contribution in [-0.2, 0) is 19.2 Å². The first-order valence-corrected chi connectivity index (χ1v) is 12.1. The van der Waals surface area contributed by atoms with E-state index in [9.17, 15) is 24.3 Å². The van der Waals surface area contributed by atoms with Crippen LogP contribution in [0, 0.1) is 0 Å². The molecule has 0 aliphatic rings. The number of carbonyl (C=O) groups is 4. The second kappa shape index (κ2) is 18.6. The minimum atomic E-state index is -1.24. The summed E-state index contributed by atoms with van der Waals surface area (Å²) in [6.07, 6.45) is 2.19. The van der Waals surface area contributed by atoms with Crippen LogP contribution in [0.5, 0.6) is 0 Å². The van der Waals surface area contributed by atoms with Gasteiger partial charge in [0.25, 0.3) is 0 Å². The number of carboxylic acid groups (broad SMARTS) is 1. The third kappa shape index (κ3) is 15.8. The van der Waals surface area contributed by atoms with Crippen LogP contribution in [0.15, 0.2) is 9.98 Å². The number of nitrogens with one attached hydrogen (secondary N) is 3. The zero-order chi connectivity index (χ0) is 28.4. The number of hydrogen-bond donors (Lipinski definition) is 10. The molecule has 0 fully saturated rings. The van der Waals surface area contributed by atoms with Crippen molar-refractivity contribution >= 4 is 35.6 Å². The predicted molar refractivity (Wildman–Crippen MR) is 140 cm³/mol. The van der Waals surface area contributed by atoms with Gasteiger partial charge in [-0.25, -0.2) is 4.79 Å². The van der Waals surface area contributed by atoms with Crippen LogP contribution in [0.3, 0.4) is 0 Å². The molecule has 0 saturated carbocycles. The van der Waals surface area contributed by atoms with Crippen molar-refractivity contribution < 1.29 is 24.3 Å². The Morgan fingerprint density at radius 1 is 0.703 bits per heavy atom. The number of guanidine groups is 2. The molecule has 4 atom stereocenters. The molecular formula is C21H43N11O5. The van der Waals surface area contributed by atoms with E-state index in [1.54, 1.807) is 0 Å². The van der Waals surface area contributed by atoms with Gasteiger partial charge in [0.05, 0.1) is 6.04 Å². The number of hydrogen-bond acceptors (Lipinski definition) is 8. The summed E-state index contributed by atoms with van der Waals surface area (Å²) in [5, 5.41) is 17.1. The van der Waals surface area contributed by atoms with Crippen LogP contribution >= 0.6 is 0 Å². The van der Waals surface area contributed by atoms with E-state index in [0.717, 1.165) is 0 Å². The third-order valence-electron chi connectivity index (χ3n) is 5.13. The number of carboxylic acids is 1. The molecule has 0 bridgehead atoms. The van der Waals surface area contributed by atoms with Crippen LogP contribution in [0.2, 0.25) is 0 Å². The van der Waals surface area contributed by atoms with Crippen LogP contribution in [0.4, 0.5) is 0 Å². The van der Waals surface area contributed by atoms with Gasteiger partial charge < -0.3 is 55.5 Å². The van der Waals surface area contributed by atoms with Crippen molar-refractivity contribution in [2.45, 2.75) is 76.0 Å². The largest absolute Gasteiger partial charge is 0.480 e. The summed E-state index contributed by atoms with van der Waals surface area (Å²) in [4.78, 5) is 57.5. The highest BCUT2D eigenvalue weighted by molar-refractivity contribution is 5.94. The van der Waals surface area contributed by atoms with E-state index < -0.39 is 47.9 Å². The normalized spacial score (nSPS) is 13.8. The molecule has 4 unspecified atom stereocenters. The number of rotatable bonds is 19. The van der Waals surface area contributed by atoms with E-state index in [4.69, 9.17) is 34.4 Å². The van der Waals surface area contributed by atoms with E-state index in [1.807, 2.05) is 0 Å². The molecule has 0 aliphatic heterocycles. The zero-order valence-corrected chi connectivity index (χ0v) is 21.3. The summed E-state index contributed by atoms with van der Waals surface area (Å²) in [6, 6.07) is -4.17. The Kier molecular flexibility index (Phi) is 16.7. The quantitative estimate of drug-likeness (QED) is 0.0438. The first-order chi connectivity index (χ1) is 17.4. The number of aliphatic carboxylic acids is 1. The second-order valence-corrected chi connectivity index (χ2v) is 8.49. The van der Waals surface area contributed by atoms with E-state index in [2.05, 4.69) is 25.9 Å². The lowest BCUT2D eigenvalue weighted by molar-refractivity contribution is -0.142. The molecule has 212 valence electrons. The Bertz CT molecular complexity index is 796. The molecule has 0 spiro atoms. The van der Waals surface area contributed by atoms with Gasteiger partial charge in [0.15, 0.2) is 11.9 Å². The Morgan fingerprint density at radius 3 is 1.51 bits per heavy atom. The highest BCUT2D eigenvalue weighted by Crippen LogP contribution is 2.07. The standard InChI is InChI=1S/C21H43N11O5/c1-12(23)16(33)30-14(7-4-10-28-20(24)25)17(34)31-13(6-2-3-9-22)18(35)32-15(19(36)37)8-5-11-29-21(26)27/h12-15H,2-11,22-23H2,1H3,(H,30,33)(H,31,34)(H,32,35)(H,36,37)(H4,24,25,28)(H4,26,27,29). The van der Waals surface area contributed by atoms with Crippen molar-refractivity contribution in [1.29, 1.82) is 0 Å². The molecule has 0 aromatic rings. The van der Waals surface area contributed by atoms with Crippen LogP contribution in [0.25, 0.3) is 0 Å². The lowest BCUT2D eigenvalue weighted by atomic mass is 10.0. The number of nitrogens with zero attached hydrogens (tertiary/aromatic N) is 2. The van der Waals surface area contributed by atoms with Gasteiger partial charge in [-0.3, -0.25) is 24.4 Å². The van der Waals surface area contributed by atoms with Gasteiger partial charge in [0, 0.05) is 13.1 Å². The van der Waals surface area contributed by atoms with E-state index in [-0.39, 0.29) is 44.3 Å². The maximum absolute atomic E-state index is 13.1. The summed E-state index contributed by atoms with van der Waals surface area (Å²) in [5.41, 5.74) is 32.3. The fourth-order valence-corrected chi connectivity index (χ4v) is 3.14. The minimum Gasteiger partial charge on any atom is -0.480 e. The van der Waals surface area contributed by atoms with Crippen LogP contribution < -0.4 is 50.4 Å². The molecule has 0 radical (unpaired) electrons. The van der Waals surface area contributed by atoms with Gasteiger partial charge in [-0.15, -0.1) is 0 Å². The molecule has 16 N–H and O–H groups in total. The van der Waals surface area contributed by atoms with Crippen molar-refractivity contribution in [1.82, 2.24) is 16.0 Å². The Labute approximate surface area is 216 Å². The highest BCUT2D eigenvalue weighted by Gasteiger charge is 2.29. The summed E-state index contributed by atoms with van der Waals surface area (Å²) in [5.74, 6) is -3.35. The summed E-state index contributed by atoms with van der Waals surface area (Å²) in [7, 11) is 0. The van der Waals surface area contributed by atoms with Gasteiger partial charge in [-0.2, -0.15) is 0 Å². The first-order valence-electron chi connectivity index (χ1n) is 12.1. The lowest BCUT2D eigenvalue weighted by Gasteiger charge is -2.25. The molecule has 0 saturated heterocycles. The van der Waals surface area contributed by atoms with Crippen LogP contribution in [0.1, 0.15) is 51.9 Å². The molecule has 37 heavy (non-hydrogen) atoms. The molecule has 0 aliphatic carbocycles. The maximum Gasteiger partial charge on any atom is 0.326 e. The number of carbonyl (C=O) groups excluding carboxylic acids is 3. The molecule has 0 aromatic heterocycles. The van der Waals surface area contributed by atoms with E-state index >= 15 is 0 Å². The van der Waals surface area contributed by atoms with Crippen molar-refractivity contribution in [3.8, 4) is 0 Å². The number of nitrogens with two attached hydrogens (primary N) is 6. The average Bonchev–Trinajstić information content (AvgIpc) is 2.81. The van der Waals surface area contributed by atoms with Crippen molar-refractivity contribution in [3.63, 3.8) is 0 Å². The molecule has 16 heteroatoms.